The summed E-state index contributed by atoms with van der Waals surface area (Å²) < 4.78 is 0. The molecule has 1 amide bonds. The van der Waals surface area contributed by atoms with E-state index in [-0.39, 0.29) is 12.1 Å². The Bertz CT molecular complexity index is 979. The smallest absolute Gasteiger partial charge is 0.318 e. The summed E-state index contributed by atoms with van der Waals surface area (Å²) in [6.07, 6.45) is 0.857. The average molecular weight is 368 g/mol. The Morgan fingerprint density at radius 1 is 1.19 bits per heavy atom. The second kappa shape index (κ2) is 8.21. The summed E-state index contributed by atoms with van der Waals surface area (Å²) in [4.78, 5) is 32.1. The second-order valence-electron chi connectivity index (χ2n) is 5.26. The maximum atomic E-state index is 12.1. The van der Waals surface area contributed by atoms with E-state index in [1.54, 1.807) is 36.4 Å². The topological polar surface area (TPSA) is 159 Å². The van der Waals surface area contributed by atoms with Gasteiger partial charge in [0.2, 0.25) is 5.75 Å². The molecule has 0 aliphatic carbocycles. The van der Waals surface area contributed by atoms with Crippen molar-refractivity contribution in [1.82, 2.24) is 5.32 Å². The van der Waals surface area contributed by atoms with Gasteiger partial charge in [0.05, 0.1) is 15.9 Å². The first-order valence-electron chi connectivity index (χ1n) is 7.43. The van der Waals surface area contributed by atoms with Crippen LogP contribution in [0.25, 0.3) is 6.08 Å². The Morgan fingerprint density at radius 2 is 1.85 bits per heavy atom. The van der Waals surface area contributed by atoms with Crippen LogP contribution in [0.4, 0.5) is 11.4 Å². The standard InChI is InChI=1S/C17H12N4O6/c18-9-13(17(23)19-10-11-4-2-1-3-5-11)6-12-7-14(20(24)25)8-15(16(12)22)21(26)27/h1-8,22H,10H2,(H,19,23)/b13-6-. The highest BCUT2D eigenvalue weighted by molar-refractivity contribution is 6.02. The van der Waals surface area contributed by atoms with E-state index in [4.69, 9.17) is 0 Å². The number of phenols is 1. The van der Waals surface area contributed by atoms with E-state index in [0.717, 1.165) is 17.7 Å². The number of amides is 1. The molecule has 0 unspecified atom stereocenters. The van der Waals surface area contributed by atoms with Crippen LogP contribution in [0, 0.1) is 31.6 Å². The summed E-state index contributed by atoms with van der Waals surface area (Å²) in [7, 11) is 0. The van der Waals surface area contributed by atoms with Gasteiger partial charge in [0.1, 0.15) is 11.6 Å². The number of aromatic hydroxyl groups is 1. The molecule has 2 rings (SSSR count). The van der Waals surface area contributed by atoms with E-state index in [0.29, 0.717) is 6.07 Å². The molecule has 2 aromatic carbocycles. The van der Waals surface area contributed by atoms with Gasteiger partial charge in [0.15, 0.2) is 0 Å². The first-order chi connectivity index (χ1) is 12.8. The molecule has 0 atom stereocenters. The molecule has 0 saturated carbocycles. The highest BCUT2D eigenvalue weighted by Crippen LogP contribution is 2.35. The second-order valence-corrected chi connectivity index (χ2v) is 5.26. The number of nitriles is 1. The first-order valence-corrected chi connectivity index (χ1v) is 7.43. The van der Waals surface area contributed by atoms with Crippen LogP contribution in [-0.4, -0.2) is 20.9 Å². The minimum Gasteiger partial charge on any atom is -0.502 e. The van der Waals surface area contributed by atoms with Crippen molar-refractivity contribution in [2.24, 2.45) is 0 Å². The molecule has 27 heavy (non-hydrogen) atoms. The number of nitro groups is 2. The maximum Gasteiger partial charge on any atom is 0.318 e. The Kier molecular flexibility index (Phi) is 5.80. The van der Waals surface area contributed by atoms with Gasteiger partial charge in [-0.15, -0.1) is 0 Å². The molecule has 0 aliphatic heterocycles. The van der Waals surface area contributed by atoms with Gasteiger partial charge in [-0.1, -0.05) is 30.3 Å². The first kappa shape index (κ1) is 19.1. The molecular formula is C17H12N4O6. The molecule has 0 radical (unpaired) electrons. The van der Waals surface area contributed by atoms with Crippen molar-refractivity contribution < 1.29 is 19.7 Å². The van der Waals surface area contributed by atoms with E-state index in [9.17, 15) is 35.4 Å². The number of hydrogen-bond donors (Lipinski definition) is 2. The lowest BCUT2D eigenvalue weighted by atomic mass is 10.1. The minimum atomic E-state index is -0.999. The molecule has 0 heterocycles. The highest BCUT2D eigenvalue weighted by Gasteiger charge is 2.24. The van der Waals surface area contributed by atoms with Crippen molar-refractivity contribution in [3.8, 4) is 11.8 Å². The summed E-state index contributed by atoms with van der Waals surface area (Å²) in [5.74, 6) is -1.68. The predicted octanol–water partition coefficient (Wildman–Crippen LogP) is 2.43. The fourth-order valence-corrected chi connectivity index (χ4v) is 2.16. The molecule has 0 fully saturated rings. The number of benzene rings is 2. The fourth-order valence-electron chi connectivity index (χ4n) is 2.16. The van der Waals surface area contributed by atoms with Gasteiger partial charge >= 0.3 is 5.69 Å². The number of phenolic OH excluding ortho intramolecular Hbond substituents is 1. The molecule has 0 spiro atoms. The van der Waals surface area contributed by atoms with Crippen LogP contribution < -0.4 is 5.32 Å². The van der Waals surface area contributed by atoms with Gasteiger partial charge in [0, 0.05) is 18.2 Å². The van der Waals surface area contributed by atoms with E-state index in [1.807, 2.05) is 0 Å². The maximum absolute atomic E-state index is 12.1. The van der Waals surface area contributed by atoms with Crippen LogP contribution in [0.3, 0.4) is 0 Å². The van der Waals surface area contributed by atoms with Crippen LogP contribution in [0.15, 0.2) is 48.0 Å². The molecular weight excluding hydrogens is 356 g/mol. The zero-order valence-corrected chi connectivity index (χ0v) is 13.7. The lowest BCUT2D eigenvalue weighted by Crippen LogP contribution is -2.23. The van der Waals surface area contributed by atoms with Gasteiger partial charge < -0.3 is 10.4 Å². The summed E-state index contributed by atoms with van der Waals surface area (Å²) in [6, 6.07) is 11.9. The van der Waals surface area contributed by atoms with Crippen molar-refractivity contribution >= 4 is 23.4 Å². The monoisotopic (exact) mass is 368 g/mol. The van der Waals surface area contributed by atoms with E-state index in [1.165, 1.54) is 0 Å². The Balaban J connectivity index is 2.36. The lowest BCUT2D eigenvalue weighted by Gasteiger charge is -2.05. The minimum absolute atomic E-state index is 0.125. The van der Waals surface area contributed by atoms with Gasteiger partial charge in [-0.3, -0.25) is 25.0 Å². The van der Waals surface area contributed by atoms with Gasteiger partial charge in [-0.2, -0.15) is 5.26 Å². The number of hydrogen-bond acceptors (Lipinski definition) is 7. The number of carbonyl (C=O) groups excluding carboxylic acids is 1. The van der Waals surface area contributed by atoms with Crippen LogP contribution in [0.1, 0.15) is 11.1 Å². The molecule has 10 nitrogen and oxygen atoms in total. The molecule has 0 aromatic heterocycles. The predicted molar refractivity (Wildman–Crippen MR) is 93.3 cm³/mol. The van der Waals surface area contributed by atoms with Gasteiger partial charge in [-0.25, -0.2) is 0 Å². The third-order valence-corrected chi connectivity index (χ3v) is 3.47. The number of nitrogens with one attached hydrogen (secondary N) is 1. The molecule has 2 N–H and O–H groups in total. The Labute approximate surface area is 152 Å². The van der Waals surface area contributed by atoms with Crippen molar-refractivity contribution in [1.29, 1.82) is 5.26 Å². The number of carbonyl (C=O) groups is 1. The van der Waals surface area contributed by atoms with Gasteiger partial charge in [0.25, 0.3) is 11.6 Å². The third kappa shape index (κ3) is 4.64. The third-order valence-electron chi connectivity index (χ3n) is 3.47. The largest absolute Gasteiger partial charge is 0.502 e. The van der Waals surface area contributed by atoms with Crippen molar-refractivity contribution in [3.63, 3.8) is 0 Å². The van der Waals surface area contributed by atoms with E-state index in [2.05, 4.69) is 5.32 Å². The molecule has 0 bridgehead atoms. The lowest BCUT2D eigenvalue weighted by molar-refractivity contribution is -0.394. The highest BCUT2D eigenvalue weighted by atomic mass is 16.6. The number of non-ortho nitro benzene ring substituents is 1. The molecule has 10 heteroatoms. The normalized spacial score (nSPS) is 10.7. The summed E-state index contributed by atoms with van der Waals surface area (Å²) in [6.45, 7) is 0.125. The molecule has 0 saturated heterocycles. The SMILES string of the molecule is N#C/C(=C/c1cc([N+](=O)[O-])cc([N+](=O)[O-])c1O)C(=O)NCc1ccccc1. The van der Waals surface area contributed by atoms with Crippen LogP contribution in [0.2, 0.25) is 0 Å². The van der Waals surface area contributed by atoms with Crippen LogP contribution in [0.5, 0.6) is 5.75 Å². The summed E-state index contributed by atoms with van der Waals surface area (Å²) in [5.41, 5.74) is -1.65. The number of nitrogens with zero attached hydrogens (tertiary/aromatic N) is 3. The van der Waals surface area contributed by atoms with Crippen LogP contribution in [-0.2, 0) is 11.3 Å². The molecule has 136 valence electrons. The fraction of sp³-hybridized carbons (Fsp3) is 0.0588. The Hall–Kier alpha value is -4.26. The molecule has 0 aliphatic rings. The number of nitro benzene ring substituents is 2. The van der Waals surface area contributed by atoms with E-state index >= 15 is 0 Å². The average Bonchev–Trinajstić information content (AvgIpc) is 2.65. The Morgan fingerprint density at radius 3 is 2.41 bits per heavy atom. The van der Waals surface area contributed by atoms with Crippen molar-refractivity contribution in [2.45, 2.75) is 6.54 Å². The van der Waals surface area contributed by atoms with Crippen LogP contribution >= 0.6 is 0 Å². The zero-order valence-electron chi connectivity index (χ0n) is 13.7. The van der Waals surface area contributed by atoms with Crippen molar-refractivity contribution in [3.05, 3.63) is 79.4 Å². The summed E-state index contributed by atoms with van der Waals surface area (Å²) in [5, 5.41) is 43.5. The molecule has 2 aromatic rings. The number of rotatable bonds is 6. The summed E-state index contributed by atoms with van der Waals surface area (Å²) >= 11 is 0. The van der Waals surface area contributed by atoms with Gasteiger partial charge in [-0.05, 0) is 11.6 Å². The quantitative estimate of drug-likeness (QED) is 0.342. The van der Waals surface area contributed by atoms with Crippen molar-refractivity contribution in [2.75, 3.05) is 0 Å². The van der Waals surface area contributed by atoms with E-state index < -0.39 is 38.5 Å². The zero-order chi connectivity index (χ0) is 20.0.